The molecule has 22 heavy (non-hydrogen) atoms. The summed E-state index contributed by atoms with van der Waals surface area (Å²) in [6.07, 6.45) is 6.74. The van der Waals surface area contributed by atoms with E-state index in [9.17, 15) is 13.5 Å². The molecule has 2 aromatic rings. The number of aromatic nitrogens is 3. The van der Waals surface area contributed by atoms with Crippen molar-refractivity contribution < 1.29 is 13.5 Å². The van der Waals surface area contributed by atoms with Gasteiger partial charge in [-0.25, -0.2) is 18.1 Å². The number of nitrogens with zero attached hydrogens (tertiary/aromatic N) is 3. The number of anilines is 1. The van der Waals surface area contributed by atoms with E-state index in [-0.39, 0.29) is 0 Å². The smallest absolute Gasteiger partial charge is 0.238 e. The third kappa shape index (κ3) is 3.12. The van der Waals surface area contributed by atoms with Crippen LogP contribution in [0.15, 0.2) is 36.8 Å². The molecule has 0 saturated heterocycles. The molecular weight excluding hydrogens is 304 g/mol. The third-order valence-corrected chi connectivity index (χ3v) is 5.68. The molecular formula is C14H18N4O3S. The highest BCUT2D eigenvalue weighted by Crippen LogP contribution is 2.25. The first kappa shape index (κ1) is 15.0. The van der Waals surface area contributed by atoms with Crippen LogP contribution < -0.4 is 4.72 Å². The summed E-state index contributed by atoms with van der Waals surface area (Å²) < 4.78 is 28.8. The monoisotopic (exact) mass is 322 g/mol. The summed E-state index contributed by atoms with van der Waals surface area (Å²) in [5, 5.41) is 13.2. The molecule has 1 fully saturated rings. The van der Waals surface area contributed by atoms with E-state index in [0.717, 1.165) is 12.8 Å². The lowest BCUT2D eigenvalue weighted by Crippen LogP contribution is -2.40. The van der Waals surface area contributed by atoms with Crippen molar-refractivity contribution in [2.45, 2.75) is 37.0 Å². The molecule has 0 bridgehead atoms. The van der Waals surface area contributed by atoms with Gasteiger partial charge in [0.1, 0.15) is 5.25 Å². The molecule has 2 heterocycles. The molecule has 1 aliphatic carbocycles. The highest BCUT2D eigenvalue weighted by molar-refractivity contribution is 7.93. The van der Waals surface area contributed by atoms with Gasteiger partial charge in [0.15, 0.2) is 5.82 Å². The fourth-order valence-electron chi connectivity index (χ4n) is 2.67. The SMILES string of the molecule is O=S(=O)(Nc1ccc(-n2cccn2)nc1)C1CCCCC1O. The van der Waals surface area contributed by atoms with Gasteiger partial charge in [0.25, 0.3) is 0 Å². The van der Waals surface area contributed by atoms with E-state index in [1.165, 1.54) is 6.20 Å². The molecule has 2 atom stereocenters. The van der Waals surface area contributed by atoms with Crippen molar-refractivity contribution >= 4 is 15.7 Å². The van der Waals surface area contributed by atoms with Crippen molar-refractivity contribution in [2.75, 3.05) is 4.72 Å². The maximum Gasteiger partial charge on any atom is 0.238 e. The van der Waals surface area contributed by atoms with Crippen molar-refractivity contribution in [3.05, 3.63) is 36.8 Å². The van der Waals surface area contributed by atoms with Crippen LogP contribution in [-0.2, 0) is 10.0 Å². The number of pyridine rings is 1. The van der Waals surface area contributed by atoms with E-state index in [2.05, 4.69) is 14.8 Å². The largest absolute Gasteiger partial charge is 0.392 e. The third-order valence-electron chi connectivity index (χ3n) is 3.81. The molecule has 2 N–H and O–H groups in total. The first-order valence-corrected chi connectivity index (χ1v) is 8.77. The lowest BCUT2D eigenvalue weighted by molar-refractivity contribution is 0.133. The Kier molecular flexibility index (Phi) is 4.12. The van der Waals surface area contributed by atoms with E-state index in [4.69, 9.17) is 0 Å². The van der Waals surface area contributed by atoms with Gasteiger partial charge in [0, 0.05) is 12.4 Å². The van der Waals surface area contributed by atoms with Crippen LogP contribution in [0.3, 0.4) is 0 Å². The Labute approximate surface area is 129 Å². The Morgan fingerprint density at radius 1 is 1.27 bits per heavy atom. The van der Waals surface area contributed by atoms with Gasteiger partial charge in [-0.05, 0) is 31.0 Å². The number of sulfonamides is 1. The van der Waals surface area contributed by atoms with E-state index in [1.807, 2.05) is 0 Å². The van der Waals surface area contributed by atoms with E-state index < -0.39 is 21.4 Å². The van der Waals surface area contributed by atoms with Crippen LogP contribution in [0, 0.1) is 0 Å². The zero-order valence-electron chi connectivity index (χ0n) is 12.0. The fraction of sp³-hybridized carbons (Fsp3) is 0.429. The van der Waals surface area contributed by atoms with Gasteiger partial charge >= 0.3 is 0 Å². The Hall–Kier alpha value is -1.93. The molecule has 8 heteroatoms. The van der Waals surface area contributed by atoms with Crippen LogP contribution in [0.5, 0.6) is 0 Å². The second kappa shape index (κ2) is 6.05. The summed E-state index contributed by atoms with van der Waals surface area (Å²) in [5.74, 6) is 0.602. The molecule has 3 rings (SSSR count). The minimum absolute atomic E-state index is 0.383. The maximum atomic E-state index is 12.4. The number of nitrogens with one attached hydrogen (secondary N) is 1. The van der Waals surface area contributed by atoms with E-state index >= 15 is 0 Å². The van der Waals surface area contributed by atoms with Crippen molar-refractivity contribution in [1.82, 2.24) is 14.8 Å². The Balaban J connectivity index is 1.75. The fourth-order valence-corrected chi connectivity index (χ4v) is 4.29. The summed E-state index contributed by atoms with van der Waals surface area (Å²) in [4.78, 5) is 4.18. The maximum absolute atomic E-state index is 12.4. The standard InChI is InChI=1S/C14H18N4O3S/c19-12-4-1-2-5-13(12)22(20,21)17-11-6-7-14(15-10-11)18-9-3-8-16-18/h3,6-10,12-13,17,19H,1-2,4-5H2. The molecule has 0 spiro atoms. The first-order chi connectivity index (χ1) is 10.6. The number of aliphatic hydroxyl groups is 1. The topological polar surface area (TPSA) is 97.1 Å². The van der Waals surface area contributed by atoms with E-state index in [0.29, 0.717) is 24.3 Å². The predicted molar refractivity (Wildman–Crippen MR) is 82.2 cm³/mol. The van der Waals surface area contributed by atoms with Gasteiger partial charge in [-0.2, -0.15) is 5.10 Å². The second-order valence-electron chi connectivity index (χ2n) is 5.39. The molecule has 0 aromatic carbocycles. The minimum Gasteiger partial charge on any atom is -0.392 e. The quantitative estimate of drug-likeness (QED) is 0.884. The van der Waals surface area contributed by atoms with E-state index in [1.54, 1.807) is 35.3 Å². The van der Waals surface area contributed by atoms with Crippen molar-refractivity contribution in [2.24, 2.45) is 0 Å². The predicted octanol–water partition coefficient (Wildman–Crippen LogP) is 1.31. The summed E-state index contributed by atoms with van der Waals surface area (Å²) in [6.45, 7) is 0. The van der Waals surface area contributed by atoms with Gasteiger partial charge in [-0.3, -0.25) is 4.72 Å². The average molecular weight is 322 g/mol. The van der Waals surface area contributed by atoms with Gasteiger partial charge < -0.3 is 5.11 Å². The average Bonchev–Trinajstić information content (AvgIpc) is 3.02. The Bertz CT molecular complexity index is 713. The van der Waals surface area contributed by atoms with Crippen LogP contribution in [0.1, 0.15) is 25.7 Å². The summed E-state index contributed by atoms with van der Waals surface area (Å²) >= 11 is 0. The lowest BCUT2D eigenvalue weighted by atomic mass is 9.97. The van der Waals surface area contributed by atoms with Crippen molar-refractivity contribution in [3.63, 3.8) is 0 Å². The van der Waals surface area contributed by atoms with Crippen molar-refractivity contribution in [3.8, 4) is 5.82 Å². The number of aliphatic hydroxyl groups excluding tert-OH is 1. The summed E-state index contributed by atoms with van der Waals surface area (Å²) in [7, 11) is -3.61. The van der Waals surface area contributed by atoms with Crippen LogP contribution in [0.2, 0.25) is 0 Å². The molecule has 2 aromatic heterocycles. The van der Waals surface area contributed by atoms with Gasteiger partial charge in [0.05, 0.1) is 18.0 Å². The highest BCUT2D eigenvalue weighted by Gasteiger charge is 2.34. The molecule has 1 saturated carbocycles. The number of hydrogen-bond acceptors (Lipinski definition) is 5. The van der Waals surface area contributed by atoms with Gasteiger partial charge in [0.2, 0.25) is 10.0 Å². The molecule has 1 aliphatic rings. The number of rotatable bonds is 4. The Morgan fingerprint density at radius 2 is 2.09 bits per heavy atom. The second-order valence-corrected chi connectivity index (χ2v) is 7.29. The normalized spacial score (nSPS) is 22.4. The molecule has 0 radical (unpaired) electrons. The molecule has 0 aliphatic heterocycles. The highest BCUT2D eigenvalue weighted by atomic mass is 32.2. The van der Waals surface area contributed by atoms with Gasteiger partial charge in [-0.15, -0.1) is 0 Å². The molecule has 118 valence electrons. The zero-order chi connectivity index (χ0) is 15.6. The summed E-state index contributed by atoms with van der Waals surface area (Å²) in [5.41, 5.74) is 0.383. The number of hydrogen-bond donors (Lipinski definition) is 2. The Morgan fingerprint density at radius 3 is 2.73 bits per heavy atom. The first-order valence-electron chi connectivity index (χ1n) is 7.22. The van der Waals surface area contributed by atoms with Crippen molar-refractivity contribution in [1.29, 1.82) is 0 Å². The van der Waals surface area contributed by atoms with Gasteiger partial charge in [-0.1, -0.05) is 12.8 Å². The van der Waals surface area contributed by atoms with Crippen LogP contribution in [0.4, 0.5) is 5.69 Å². The molecule has 7 nitrogen and oxygen atoms in total. The van der Waals surface area contributed by atoms with Crippen LogP contribution >= 0.6 is 0 Å². The molecule has 2 unspecified atom stereocenters. The summed E-state index contributed by atoms with van der Waals surface area (Å²) in [6, 6.07) is 5.10. The lowest BCUT2D eigenvalue weighted by Gasteiger charge is -2.27. The zero-order valence-corrected chi connectivity index (χ0v) is 12.8. The molecule has 0 amide bonds. The van der Waals surface area contributed by atoms with Crippen LogP contribution in [0.25, 0.3) is 5.82 Å². The minimum atomic E-state index is -3.61. The van der Waals surface area contributed by atoms with Crippen LogP contribution in [-0.4, -0.2) is 39.6 Å².